The summed E-state index contributed by atoms with van der Waals surface area (Å²) in [7, 11) is 0. The van der Waals surface area contributed by atoms with E-state index in [-0.39, 0.29) is 69.1 Å². The number of urea groups is 1. The number of carbonyl (C=O) groups excluding carboxylic acids is 7. The molecule has 1 saturated carbocycles. The smallest absolute Gasteiger partial charge is 0.410 e. The number of alkyl halides is 1. The zero-order valence-corrected chi connectivity index (χ0v) is 41.1. The minimum Gasteiger partial charge on any atom is -0.445 e. The van der Waals surface area contributed by atoms with E-state index < -0.39 is 48.2 Å². The van der Waals surface area contributed by atoms with Crippen LogP contribution in [0.15, 0.2) is 79.3 Å². The van der Waals surface area contributed by atoms with Gasteiger partial charge in [0.25, 0.3) is 11.8 Å². The third-order valence-corrected chi connectivity index (χ3v) is 12.7. The van der Waals surface area contributed by atoms with Gasteiger partial charge in [-0.05, 0) is 93.3 Å². The first-order valence-corrected chi connectivity index (χ1v) is 24.6. The molecule has 4 atom stereocenters. The Morgan fingerprint density at radius 2 is 1.68 bits per heavy atom. The van der Waals surface area contributed by atoms with Crippen molar-refractivity contribution in [1.29, 1.82) is 0 Å². The number of aromatic nitrogens is 6. The first-order chi connectivity index (χ1) is 35.1. The molecular formula is C51H62FN13O8. The molecule has 1 aromatic carbocycles. The quantitative estimate of drug-likeness (QED) is 0.0354. The van der Waals surface area contributed by atoms with Gasteiger partial charge in [0.15, 0.2) is 5.65 Å². The Kier molecular flexibility index (Phi) is 18.0. The first-order valence-electron chi connectivity index (χ1n) is 24.6. The van der Waals surface area contributed by atoms with Crippen LogP contribution in [-0.2, 0) is 41.9 Å². The lowest BCUT2D eigenvalue weighted by atomic mass is 9.92. The van der Waals surface area contributed by atoms with E-state index in [0.717, 1.165) is 22.6 Å². The van der Waals surface area contributed by atoms with Crippen molar-refractivity contribution in [3.8, 4) is 22.6 Å². The molecule has 0 radical (unpaired) electrons. The summed E-state index contributed by atoms with van der Waals surface area (Å²) in [6.45, 7) is 5.55. The molecule has 2 unspecified atom stereocenters. The molecule has 22 heteroatoms. The Balaban J connectivity index is 0.978. The third kappa shape index (κ3) is 14.3. The molecule has 8 amide bonds. The maximum absolute atomic E-state index is 15.7. The lowest BCUT2D eigenvalue weighted by molar-refractivity contribution is -0.137. The van der Waals surface area contributed by atoms with E-state index >= 15 is 4.39 Å². The molecular weight excluding hydrogens is 942 g/mol. The van der Waals surface area contributed by atoms with Gasteiger partial charge in [0.2, 0.25) is 17.7 Å². The van der Waals surface area contributed by atoms with Crippen molar-refractivity contribution in [3.05, 3.63) is 96.4 Å². The van der Waals surface area contributed by atoms with E-state index in [9.17, 15) is 33.6 Å². The van der Waals surface area contributed by atoms with Crippen LogP contribution in [0, 0.1) is 12.8 Å². The molecule has 386 valence electrons. The molecule has 0 bridgehead atoms. The second kappa shape index (κ2) is 24.9. The van der Waals surface area contributed by atoms with Gasteiger partial charge in [0.1, 0.15) is 42.7 Å². The molecule has 7 rings (SSSR count). The van der Waals surface area contributed by atoms with Gasteiger partial charge < -0.3 is 36.7 Å². The highest BCUT2D eigenvalue weighted by Crippen LogP contribution is 2.32. The third-order valence-electron chi connectivity index (χ3n) is 12.7. The van der Waals surface area contributed by atoms with Crippen LogP contribution in [0.25, 0.3) is 28.3 Å². The lowest BCUT2D eigenvalue weighted by Crippen LogP contribution is -2.54. The van der Waals surface area contributed by atoms with Crippen molar-refractivity contribution in [3.63, 3.8) is 0 Å². The maximum atomic E-state index is 15.7. The number of imidazole rings is 1. The summed E-state index contributed by atoms with van der Waals surface area (Å²) in [6, 6.07) is 12.3. The van der Waals surface area contributed by atoms with Gasteiger partial charge in [0, 0.05) is 54.8 Å². The number of hydrogen-bond acceptors (Lipinski definition) is 12. The Bertz CT molecular complexity index is 2790. The fraction of sp³-hybridized carbons (Fsp3) is 0.431. The molecule has 1 aliphatic heterocycles. The molecule has 5 heterocycles. The number of imide groups is 1. The largest absolute Gasteiger partial charge is 0.445 e. The molecule has 5 aromatic rings. The molecule has 0 spiro atoms. The summed E-state index contributed by atoms with van der Waals surface area (Å²) in [6.07, 6.45) is 7.97. The van der Waals surface area contributed by atoms with Crippen molar-refractivity contribution < 1.29 is 42.7 Å². The van der Waals surface area contributed by atoms with Crippen LogP contribution in [0.4, 0.5) is 19.7 Å². The van der Waals surface area contributed by atoms with Gasteiger partial charge in [-0.25, -0.2) is 28.5 Å². The number of hydrogen-bond donors (Lipinski definition) is 6. The molecule has 1 aliphatic carbocycles. The number of pyridine rings is 2. The van der Waals surface area contributed by atoms with Crippen LogP contribution in [0.2, 0.25) is 0 Å². The second-order valence-corrected chi connectivity index (χ2v) is 18.5. The minimum absolute atomic E-state index is 0.0764. The van der Waals surface area contributed by atoms with E-state index in [0.29, 0.717) is 78.3 Å². The molecule has 0 saturated heterocycles. The van der Waals surface area contributed by atoms with Gasteiger partial charge in [-0.15, -0.1) is 0 Å². The molecule has 4 aromatic heterocycles. The van der Waals surface area contributed by atoms with Gasteiger partial charge in [0.05, 0.1) is 24.0 Å². The number of nitrogens with zero attached hydrogens (tertiary/aromatic N) is 7. The number of fused-ring (bicyclic) bond motifs is 1. The normalized spacial score (nSPS) is 16.3. The summed E-state index contributed by atoms with van der Waals surface area (Å²) in [4.78, 5) is 109. The van der Waals surface area contributed by atoms with Crippen molar-refractivity contribution in [2.75, 3.05) is 18.4 Å². The lowest BCUT2D eigenvalue weighted by Gasteiger charge is -2.35. The summed E-state index contributed by atoms with van der Waals surface area (Å²) in [5.41, 5.74) is 10.2. The number of carbonyl (C=O) groups is 7. The van der Waals surface area contributed by atoms with Crippen LogP contribution < -0.4 is 27.0 Å². The summed E-state index contributed by atoms with van der Waals surface area (Å²) in [5, 5.41) is 15.1. The second-order valence-electron chi connectivity index (χ2n) is 18.5. The molecule has 7 N–H and O–H groups in total. The standard InChI is InChI=1S/C51H62FN13O8/c1-31(2)45(62-42(66)16-5-4-8-26-63-43(67)23-24-44(63)68)49(70)59-38(14-10-25-54-50(53)71)48(69)58-35-20-17-33(18-21-35)29-73-51(72)64(39-15-7-6-12-36(39)52)28-40-60-46(34-19-22-41-55-30-56-65(41)27-34)47(61-40)37-13-9-11-32(3)57-37/h9,11,13,17-24,27,30-31,36,38-39,45H,4-8,10,12,14-16,25-26,28-29H2,1-3H3,(H,58,69)(H,59,70)(H,60,61)(H,62,66)(H3,53,54,71)/t36-,38+,39?,45?/m1/s1. The van der Waals surface area contributed by atoms with Gasteiger partial charge in [-0.2, -0.15) is 5.10 Å². The average molecular weight is 1000 g/mol. The zero-order chi connectivity index (χ0) is 52.0. The predicted octanol–water partition coefficient (Wildman–Crippen LogP) is 5.41. The molecule has 21 nitrogen and oxygen atoms in total. The Morgan fingerprint density at radius 3 is 2.41 bits per heavy atom. The van der Waals surface area contributed by atoms with E-state index in [4.69, 9.17) is 20.4 Å². The van der Waals surface area contributed by atoms with Gasteiger partial charge in [-0.3, -0.25) is 38.8 Å². The number of halogens is 1. The van der Waals surface area contributed by atoms with E-state index in [1.54, 1.807) is 42.6 Å². The maximum Gasteiger partial charge on any atom is 0.410 e. The number of aromatic amines is 1. The Labute approximate surface area is 421 Å². The van der Waals surface area contributed by atoms with Gasteiger partial charge >= 0.3 is 12.1 Å². The van der Waals surface area contributed by atoms with Crippen LogP contribution in [0.3, 0.4) is 0 Å². The number of nitrogens with two attached hydrogens (primary N) is 1. The number of nitrogens with one attached hydrogen (secondary N) is 5. The van der Waals surface area contributed by atoms with Gasteiger partial charge in [-0.1, -0.05) is 51.3 Å². The summed E-state index contributed by atoms with van der Waals surface area (Å²) in [5.74, 6) is -2.18. The topological polar surface area (TPSA) is 281 Å². The average Bonchev–Trinajstić information content (AvgIpc) is 4.11. The fourth-order valence-corrected chi connectivity index (χ4v) is 8.78. The highest BCUT2D eigenvalue weighted by Gasteiger charge is 2.35. The van der Waals surface area contributed by atoms with Crippen molar-refractivity contribution >= 4 is 53.0 Å². The fourth-order valence-electron chi connectivity index (χ4n) is 8.78. The highest BCUT2D eigenvalue weighted by atomic mass is 19.1. The number of rotatable bonds is 23. The van der Waals surface area contributed by atoms with Crippen molar-refractivity contribution in [1.82, 2.24) is 55.3 Å². The zero-order valence-electron chi connectivity index (χ0n) is 41.1. The van der Waals surface area contributed by atoms with Crippen LogP contribution in [-0.4, -0.2) is 118 Å². The first kappa shape index (κ1) is 52.8. The number of anilines is 1. The SMILES string of the molecule is Cc1cccc(-c2nc(CN(C(=O)OCc3ccc(NC(=O)[C@H](CCCNC(N)=O)NC(=O)C(NC(=O)CCCCCN4C(=O)C=CC4=O)C(C)C)cc3)C3CCCC[C@H]3F)[nH]c2-c2ccc3ncnn3c2)n1. The number of aryl methyl sites for hydroxylation is 1. The molecule has 2 aliphatic rings. The number of primary amides is 1. The number of amides is 8. The predicted molar refractivity (Wildman–Crippen MR) is 266 cm³/mol. The number of benzene rings is 1. The monoisotopic (exact) mass is 1000 g/mol. The van der Waals surface area contributed by atoms with E-state index in [1.807, 2.05) is 43.5 Å². The van der Waals surface area contributed by atoms with Crippen LogP contribution in [0.5, 0.6) is 0 Å². The summed E-state index contributed by atoms with van der Waals surface area (Å²) >= 11 is 0. The number of H-pyrrole nitrogens is 1. The van der Waals surface area contributed by atoms with E-state index in [1.165, 1.54) is 23.4 Å². The minimum atomic E-state index is -1.27. The number of ether oxygens (including phenoxy) is 1. The van der Waals surface area contributed by atoms with Crippen molar-refractivity contribution in [2.45, 2.75) is 122 Å². The molecule has 1 fully saturated rings. The van der Waals surface area contributed by atoms with E-state index in [2.05, 4.69) is 36.3 Å². The van der Waals surface area contributed by atoms with Crippen molar-refractivity contribution in [2.24, 2.45) is 11.7 Å². The number of unbranched alkanes of at least 4 members (excludes halogenated alkanes) is 2. The Hall–Kier alpha value is -8.04. The van der Waals surface area contributed by atoms with Crippen LogP contribution in [0.1, 0.15) is 95.1 Å². The Morgan fingerprint density at radius 1 is 0.918 bits per heavy atom. The van der Waals surface area contributed by atoms with Crippen LogP contribution >= 0.6 is 0 Å². The highest BCUT2D eigenvalue weighted by molar-refractivity contribution is 6.12. The summed E-state index contributed by atoms with van der Waals surface area (Å²) < 4.78 is 23.2. The molecule has 73 heavy (non-hydrogen) atoms.